The molecule has 0 amide bonds. The summed E-state index contributed by atoms with van der Waals surface area (Å²) in [5, 5.41) is 16.9. The number of aryl methyl sites for hydroxylation is 2. The zero-order valence-corrected chi connectivity index (χ0v) is 14.8. The van der Waals surface area contributed by atoms with Crippen LogP contribution in [0.4, 0.5) is 0 Å². The van der Waals surface area contributed by atoms with E-state index in [0.717, 1.165) is 47.2 Å². The van der Waals surface area contributed by atoms with Crippen molar-refractivity contribution in [3.8, 4) is 11.3 Å². The molecular weight excluding hydrogens is 324 g/mol. The Morgan fingerprint density at radius 2 is 2.00 bits per heavy atom. The van der Waals surface area contributed by atoms with Gasteiger partial charge >= 0.3 is 0 Å². The zero-order chi connectivity index (χ0) is 17.9. The van der Waals surface area contributed by atoms with Crippen LogP contribution in [-0.4, -0.2) is 31.2 Å². The minimum atomic E-state index is 0.106. The number of aromatic amines is 1. The Morgan fingerprint density at radius 1 is 1.15 bits per heavy atom. The van der Waals surface area contributed by atoms with E-state index in [2.05, 4.69) is 38.7 Å². The number of nitrogens with zero attached hydrogens (tertiary/aromatic N) is 4. The molecule has 0 bridgehead atoms. The second-order valence-electron chi connectivity index (χ2n) is 6.67. The summed E-state index contributed by atoms with van der Waals surface area (Å²) < 4.78 is 1.87. The Bertz CT molecular complexity index is 1000. The number of nitrogens with two attached hydrogens (primary N) is 1. The fourth-order valence-electron chi connectivity index (χ4n) is 3.16. The first-order valence-electron chi connectivity index (χ1n) is 8.84. The van der Waals surface area contributed by atoms with Gasteiger partial charge in [-0.1, -0.05) is 41.6 Å². The van der Waals surface area contributed by atoms with Crippen LogP contribution in [0.3, 0.4) is 0 Å². The molecule has 0 saturated heterocycles. The van der Waals surface area contributed by atoms with Gasteiger partial charge in [0, 0.05) is 23.5 Å². The highest BCUT2D eigenvalue weighted by Gasteiger charge is 2.09. The minimum absolute atomic E-state index is 0.106. The lowest BCUT2D eigenvalue weighted by molar-refractivity contribution is 0.497. The number of hydrogen-bond donors (Lipinski definition) is 2. The van der Waals surface area contributed by atoms with Gasteiger partial charge in [0.15, 0.2) is 0 Å². The number of aromatic nitrogens is 5. The van der Waals surface area contributed by atoms with E-state index in [1.54, 1.807) is 0 Å². The third kappa shape index (κ3) is 3.50. The van der Waals surface area contributed by atoms with Crippen LogP contribution in [0.15, 0.2) is 54.7 Å². The summed E-state index contributed by atoms with van der Waals surface area (Å²) in [5.74, 6) is 0. The Kier molecular flexibility index (Phi) is 4.50. The van der Waals surface area contributed by atoms with Crippen molar-refractivity contribution in [1.82, 2.24) is 25.2 Å². The predicted molar refractivity (Wildman–Crippen MR) is 103 cm³/mol. The maximum Gasteiger partial charge on any atom is 0.113 e. The van der Waals surface area contributed by atoms with Crippen LogP contribution in [0.5, 0.6) is 0 Å². The van der Waals surface area contributed by atoms with E-state index in [1.165, 1.54) is 5.56 Å². The fraction of sp³-hybridized carbons (Fsp3) is 0.250. The number of benzene rings is 2. The molecule has 0 saturated carbocycles. The first-order chi connectivity index (χ1) is 12.7. The molecule has 4 aromatic rings. The lowest BCUT2D eigenvalue weighted by Gasteiger charge is -2.11. The van der Waals surface area contributed by atoms with Crippen molar-refractivity contribution in [2.24, 2.45) is 5.73 Å². The third-order valence-corrected chi connectivity index (χ3v) is 4.66. The van der Waals surface area contributed by atoms with Crippen molar-refractivity contribution >= 4 is 10.9 Å². The standard InChI is InChI=1S/C20H22N6/c1-14-18-12-16(7-8-19(18)23-22-14)20-13-26(25-24-20)10-9-17(21)11-15-5-3-2-4-6-15/h2-8,12-13,17H,9-11,21H2,1H3,(H,22,23)/t17-/m1/s1. The van der Waals surface area contributed by atoms with E-state index in [9.17, 15) is 0 Å². The van der Waals surface area contributed by atoms with Gasteiger partial charge in [-0.15, -0.1) is 5.10 Å². The number of H-pyrrole nitrogens is 1. The maximum absolute atomic E-state index is 6.27. The minimum Gasteiger partial charge on any atom is -0.327 e. The van der Waals surface area contributed by atoms with Crippen molar-refractivity contribution < 1.29 is 0 Å². The molecule has 4 rings (SSSR count). The molecule has 0 unspecified atom stereocenters. The van der Waals surface area contributed by atoms with Crippen LogP contribution in [0.25, 0.3) is 22.2 Å². The SMILES string of the molecule is Cc1n[nH]c2ccc(-c3cn(CC[C@@H](N)Cc4ccccc4)nn3)cc12. The smallest absolute Gasteiger partial charge is 0.113 e. The van der Waals surface area contributed by atoms with E-state index in [1.807, 2.05) is 48.1 Å². The Labute approximate surface area is 152 Å². The molecule has 0 spiro atoms. The van der Waals surface area contributed by atoms with Crippen LogP contribution in [0.1, 0.15) is 17.7 Å². The second-order valence-corrected chi connectivity index (χ2v) is 6.67. The molecule has 0 aliphatic carbocycles. The van der Waals surface area contributed by atoms with Crippen molar-refractivity contribution in [1.29, 1.82) is 0 Å². The Balaban J connectivity index is 1.41. The number of fused-ring (bicyclic) bond motifs is 1. The summed E-state index contributed by atoms with van der Waals surface area (Å²) in [7, 11) is 0. The predicted octanol–water partition coefficient (Wildman–Crippen LogP) is 3.09. The van der Waals surface area contributed by atoms with E-state index in [0.29, 0.717) is 0 Å². The molecule has 3 N–H and O–H groups in total. The van der Waals surface area contributed by atoms with E-state index in [-0.39, 0.29) is 6.04 Å². The van der Waals surface area contributed by atoms with Gasteiger partial charge < -0.3 is 5.73 Å². The Morgan fingerprint density at radius 3 is 2.85 bits per heavy atom. The lowest BCUT2D eigenvalue weighted by atomic mass is 10.0. The average molecular weight is 346 g/mol. The summed E-state index contributed by atoms with van der Waals surface area (Å²) in [6.45, 7) is 2.75. The normalized spacial score (nSPS) is 12.5. The van der Waals surface area contributed by atoms with Gasteiger partial charge in [0.1, 0.15) is 5.69 Å². The van der Waals surface area contributed by atoms with Gasteiger partial charge in [-0.25, -0.2) is 0 Å². The topological polar surface area (TPSA) is 85.4 Å². The van der Waals surface area contributed by atoms with E-state index >= 15 is 0 Å². The molecule has 0 fully saturated rings. The van der Waals surface area contributed by atoms with Crippen LogP contribution >= 0.6 is 0 Å². The molecule has 6 nitrogen and oxygen atoms in total. The van der Waals surface area contributed by atoms with Crippen molar-refractivity contribution in [2.45, 2.75) is 32.4 Å². The van der Waals surface area contributed by atoms with Gasteiger partial charge in [-0.2, -0.15) is 5.10 Å². The Hall–Kier alpha value is -2.99. The molecule has 132 valence electrons. The largest absolute Gasteiger partial charge is 0.327 e. The van der Waals surface area contributed by atoms with Crippen molar-refractivity contribution in [2.75, 3.05) is 0 Å². The number of hydrogen-bond acceptors (Lipinski definition) is 4. The molecule has 2 aromatic carbocycles. The quantitative estimate of drug-likeness (QED) is 0.562. The first-order valence-corrected chi connectivity index (χ1v) is 8.84. The molecule has 6 heteroatoms. The van der Waals surface area contributed by atoms with E-state index in [4.69, 9.17) is 5.73 Å². The number of rotatable bonds is 6. The molecular formula is C20H22N6. The summed E-state index contributed by atoms with van der Waals surface area (Å²) >= 11 is 0. The van der Waals surface area contributed by atoms with Crippen LogP contribution in [0, 0.1) is 6.92 Å². The molecule has 2 heterocycles. The second kappa shape index (κ2) is 7.09. The van der Waals surface area contributed by atoms with Crippen LogP contribution in [0.2, 0.25) is 0 Å². The van der Waals surface area contributed by atoms with Gasteiger partial charge in [0.25, 0.3) is 0 Å². The van der Waals surface area contributed by atoms with Crippen molar-refractivity contribution in [3.05, 3.63) is 66.0 Å². The molecule has 0 aliphatic heterocycles. The zero-order valence-electron chi connectivity index (χ0n) is 14.8. The highest BCUT2D eigenvalue weighted by Crippen LogP contribution is 2.23. The highest BCUT2D eigenvalue weighted by atomic mass is 15.4. The van der Waals surface area contributed by atoms with E-state index < -0.39 is 0 Å². The average Bonchev–Trinajstić information content (AvgIpc) is 3.28. The maximum atomic E-state index is 6.27. The van der Waals surface area contributed by atoms with Crippen LogP contribution in [-0.2, 0) is 13.0 Å². The molecule has 0 radical (unpaired) electrons. The van der Waals surface area contributed by atoms with Crippen LogP contribution < -0.4 is 5.73 Å². The van der Waals surface area contributed by atoms with Gasteiger partial charge in [0.05, 0.1) is 17.4 Å². The molecule has 1 atom stereocenters. The van der Waals surface area contributed by atoms with Crippen molar-refractivity contribution in [3.63, 3.8) is 0 Å². The fourth-order valence-corrected chi connectivity index (χ4v) is 3.16. The summed E-state index contributed by atoms with van der Waals surface area (Å²) in [5.41, 5.74) is 11.5. The summed E-state index contributed by atoms with van der Waals surface area (Å²) in [4.78, 5) is 0. The van der Waals surface area contributed by atoms with Gasteiger partial charge in [-0.05, 0) is 37.5 Å². The molecule has 2 aromatic heterocycles. The molecule has 26 heavy (non-hydrogen) atoms. The third-order valence-electron chi connectivity index (χ3n) is 4.66. The lowest BCUT2D eigenvalue weighted by Crippen LogP contribution is -2.24. The summed E-state index contributed by atoms with van der Waals surface area (Å²) in [6.07, 6.45) is 3.71. The summed E-state index contributed by atoms with van der Waals surface area (Å²) in [6, 6.07) is 16.6. The first kappa shape index (κ1) is 16.5. The van der Waals surface area contributed by atoms with Gasteiger partial charge in [0.2, 0.25) is 0 Å². The highest BCUT2D eigenvalue weighted by molar-refractivity contribution is 5.85. The number of nitrogens with one attached hydrogen (secondary N) is 1. The monoisotopic (exact) mass is 346 g/mol. The molecule has 0 aliphatic rings. The van der Waals surface area contributed by atoms with Gasteiger partial charge in [-0.3, -0.25) is 9.78 Å².